The van der Waals surface area contributed by atoms with Gasteiger partial charge in [0.1, 0.15) is 0 Å². The molecule has 0 fully saturated rings. The Morgan fingerprint density at radius 1 is 1.67 bits per heavy atom. The van der Waals surface area contributed by atoms with Gasteiger partial charge in [-0.05, 0) is 18.8 Å². The summed E-state index contributed by atoms with van der Waals surface area (Å²) < 4.78 is 0. The molecule has 1 N–H and O–H groups in total. The maximum Gasteiger partial charge on any atom is 0.0483 e. The predicted octanol–water partition coefficient (Wildman–Crippen LogP) is 1.34. The standard InChI is InChI=1S/C9H16N2S/c1-12-7-6-10-8-9-4-2-3-5-11-9/h2,4,10H,3,5-8H2,1H3. The molecular weight excluding hydrogens is 168 g/mol. The molecule has 1 aliphatic heterocycles. The van der Waals surface area contributed by atoms with Gasteiger partial charge in [0.2, 0.25) is 0 Å². The highest BCUT2D eigenvalue weighted by atomic mass is 32.2. The molecule has 0 aromatic heterocycles. The Morgan fingerprint density at radius 3 is 3.25 bits per heavy atom. The smallest absolute Gasteiger partial charge is 0.0483 e. The van der Waals surface area contributed by atoms with Crippen molar-refractivity contribution >= 4 is 17.5 Å². The van der Waals surface area contributed by atoms with Crippen LogP contribution in [0, 0.1) is 0 Å². The van der Waals surface area contributed by atoms with Crippen LogP contribution in [0.25, 0.3) is 0 Å². The van der Waals surface area contributed by atoms with E-state index in [1.165, 1.54) is 11.5 Å². The molecule has 0 saturated carbocycles. The molecule has 1 rings (SSSR count). The third-order valence-electron chi connectivity index (χ3n) is 1.71. The molecule has 68 valence electrons. The number of aliphatic imine (C=N–C) groups is 1. The van der Waals surface area contributed by atoms with Crippen molar-refractivity contribution in [2.75, 3.05) is 31.6 Å². The first kappa shape index (κ1) is 9.81. The van der Waals surface area contributed by atoms with Gasteiger partial charge in [-0.1, -0.05) is 6.08 Å². The number of hydrogen-bond acceptors (Lipinski definition) is 3. The summed E-state index contributed by atoms with van der Waals surface area (Å²) in [4.78, 5) is 4.39. The van der Waals surface area contributed by atoms with Gasteiger partial charge in [-0.25, -0.2) is 0 Å². The van der Waals surface area contributed by atoms with Crippen molar-refractivity contribution in [3.63, 3.8) is 0 Å². The Hall–Kier alpha value is -0.280. The summed E-state index contributed by atoms with van der Waals surface area (Å²) in [5.74, 6) is 1.18. The normalized spacial score (nSPS) is 16.2. The van der Waals surface area contributed by atoms with Crippen LogP contribution in [0.3, 0.4) is 0 Å². The fourth-order valence-corrected chi connectivity index (χ4v) is 1.41. The first-order valence-electron chi connectivity index (χ1n) is 4.33. The van der Waals surface area contributed by atoms with Gasteiger partial charge in [0.05, 0.1) is 0 Å². The fraction of sp³-hybridized carbons (Fsp3) is 0.667. The zero-order valence-corrected chi connectivity index (χ0v) is 8.36. The second-order valence-electron chi connectivity index (χ2n) is 2.73. The molecule has 2 nitrogen and oxygen atoms in total. The number of hydrogen-bond donors (Lipinski definition) is 1. The molecule has 0 atom stereocenters. The van der Waals surface area contributed by atoms with Crippen LogP contribution in [-0.4, -0.2) is 37.4 Å². The average Bonchev–Trinajstić information content (AvgIpc) is 2.14. The van der Waals surface area contributed by atoms with E-state index in [9.17, 15) is 0 Å². The van der Waals surface area contributed by atoms with Crippen LogP contribution in [0.5, 0.6) is 0 Å². The Kier molecular flexibility index (Phi) is 5.11. The predicted molar refractivity (Wildman–Crippen MR) is 57.3 cm³/mol. The van der Waals surface area contributed by atoms with Crippen molar-refractivity contribution in [2.45, 2.75) is 6.42 Å². The van der Waals surface area contributed by atoms with Crippen LogP contribution in [0.1, 0.15) is 6.42 Å². The highest BCUT2D eigenvalue weighted by Gasteiger charge is 1.96. The van der Waals surface area contributed by atoms with E-state index in [0.717, 1.165) is 26.1 Å². The lowest BCUT2D eigenvalue weighted by Crippen LogP contribution is -2.25. The van der Waals surface area contributed by atoms with Gasteiger partial charge in [0.15, 0.2) is 0 Å². The summed E-state index contributed by atoms with van der Waals surface area (Å²) in [6.45, 7) is 2.97. The SMILES string of the molecule is CSCCNCC1=NCCC=C1. The second kappa shape index (κ2) is 6.26. The van der Waals surface area contributed by atoms with Gasteiger partial charge in [-0.15, -0.1) is 0 Å². The highest BCUT2D eigenvalue weighted by Crippen LogP contribution is 1.95. The van der Waals surface area contributed by atoms with Crippen LogP contribution < -0.4 is 5.32 Å². The first-order chi connectivity index (χ1) is 5.93. The molecule has 0 radical (unpaired) electrons. The average molecular weight is 184 g/mol. The van der Waals surface area contributed by atoms with E-state index >= 15 is 0 Å². The molecule has 0 saturated heterocycles. The zero-order valence-electron chi connectivity index (χ0n) is 7.55. The highest BCUT2D eigenvalue weighted by molar-refractivity contribution is 7.98. The molecule has 12 heavy (non-hydrogen) atoms. The topological polar surface area (TPSA) is 24.4 Å². The van der Waals surface area contributed by atoms with Crippen molar-refractivity contribution in [3.8, 4) is 0 Å². The summed E-state index contributed by atoms with van der Waals surface area (Å²) in [5, 5.41) is 3.35. The van der Waals surface area contributed by atoms with Crippen LogP contribution in [-0.2, 0) is 0 Å². The van der Waals surface area contributed by atoms with E-state index in [0.29, 0.717) is 0 Å². The molecule has 0 aliphatic carbocycles. The Balaban J connectivity index is 2.06. The maximum atomic E-state index is 4.39. The minimum atomic E-state index is 0.928. The molecule has 1 aliphatic rings. The minimum absolute atomic E-state index is 0.928. The molecule has 3 heteroatoms. The molecule has 0 aromatic carbocycles. The van der Waals surface area contributed by atoms with Gasteiger partial charge < -0.3 is 5.32 Å². The summed E-state index contributed by atoms with van der Waals surface area (Å²) >= 11 is 1.87. The lowest BCUT2D eigenvalue weighted by atomic mass is 10.2. The molecule has 1 heterocycles. The number of dihydropyridines is 1. The van der Waals surface area contributed by atoms with Crippen molar-refractivity contribution in [3.05, 3.63) is 12.2 Å². The lowest BCUT2D eigenvalue weighted by molar-refractivity contribution is 0.819. The van der Waals surface area contributed by atoms with E-state index < -0.39 is 0 Å². The molecular formula is C9H16N2S. The fourth-order valence-electron chi connectivity index (χ4n) is 1.06. The van der Waals surface area contributed by atoms with Crippen molar-refractivity contribution in [1.82, 2.24) is 5.32 Å². The van der Waals surface area contributed by atoms with E-state index in [-0.39, 0.29) is 0 Å². The number of nitrogens with zero attached hydrogens (tertiary/aromatic N) is 1. The van der Waals surface area contributed by atoms with E-state index in [4.69, 9.17) is 0 Å². The third kappa shape index (κ3) is 3.93. The largest absolute Gasteiger partial charge is 0.310 e. The lowest BCUT2D eigenvalue weighted by Gasteiger charge is -2.06. The summed E-state index contributed by atoms with van der Waals surface area (Å²) in [7, 11) is 0. The maximum absolute atomic E-state index is 4.39. The van der Waals surface area contributed by atoms with E-state index in [1.54, 1.807) is 0 Å². The summed E-state index contributed by atoms with van der Waals surface area (Å²) in [6, 6.07) is 0. The van der Waals surface area contributed by atoms with Gasteiger partial charge >= 0.3 is 0 Å². The summed E-state index contributed by atoms with van der Waals surface area (Å²) in [6.07, 6.45) is 7.54. The Morgan fingerprint density at radius 2 is 2.58 bits per heavy atom. The molecule has 0 bridgehead atoms. The molecule has 0 amide bonds. The number of thioether (sulfide) groups is 1. The summed E-state index contributed by atoms with van der Waals surface area (Å²) in [5.41, 5.74) is 1.20. The molecule has 0 spiro atoms. The second-order valence-corrected chi connectivity index (χ2v) is 3.72. The number of rotatable bonds is 5. The first-order valence-corrected chi connectivity index (χ1v) is 5.72. The molecule has 0 aromatic rings. The van der Waals surface area contributed by atoms with Gasteiger partial charge in [0.25, 0.3) is 0 Å². The van der Waals surface area contributed by atoms with Gasteiger partial charge in [-0.2, -0.15) is 11.8 Å². The number of nitrogens with one attached hydrogen (secondary N) is 1. The van der Waals surface area contributed by atoms with Crippen LogP contribution in [0.4, 0.5) is 0 Å². The van der Waals surface area contributed by atoms with Gasteiger partial charge in [0, 0.05) is 31.1 Å². The van der Waals surface area contributed by atoms with E-state index in [1.807, 2.05) is 11.8 Å². The van der Waals surface area contributed by atoms with Crippen LogP contribution in [0.15, 0.2) is 17.1 Å². The van der Waals surface area contributed by atoms with Crippen LogP contribution >= 0.6 is 11.8 Å². The van der Waals surface area contributed by atoms with Gasteiger partial charge in [-0.3, -0.25) is 4.99 Å². The van der Waals surface area contributed by atoms with Crippen molar-refractivity contribution in [2.24, 2.45) is 4.99 Å². The van der Waals surface area contributed by atoms with E-state index in [2.05, 4.69) is 28.7 Å². The van der Waals surface area contributed by atoms with Crippen molar-refractivity contribution < 1.29 is 0 Å². The Bertz CT molecular complexity index is 175. The monoisotopic (exact) mass is 184 g/mol. The third-order valence-corrected chi connectivity index (χ3v) is 2.32. The Labute approximate surface area is 78.5 Å². The molecule has 0 unspecified atom stereocenters. The zero-order chi connectivity index (χ0) is 8.65. The van der Waals surface area contributed by atoms with Crippen LogP contribution in [0.2, 0.25) is 0 Å². The quantitative estimate of drug-likeness (QED) is 0.652. The van der Waals surface area contributed by atoms with Crippen molar-refractivity contribution in [1.29, 1.82) is 0 Å². The minimum Gasteiger partial charge on any atom is -0.310 e.